The van der Waals surface area contributed by atoms with Crippen molar-refractivity contribution in [2.75, 3.05) is 39.6 Å². The van der Waals surface area contributed by atoms with E-state index in [0.29, 0.717) is 18.3 Å². The molecule has 0 aromatic rings. The second kappa shape index (κ2) is 7.80. The predicted molar refractivity (Wildman–Crippen MR) is 70.9 cm³/mol. The minimum absolute atomic E-state index is 0.477. The van der Waals surface area contributed by atoms with E-state index in [0.717, 1.165) is 13.1 Å². The molecule has 1 rings (SSSR count). The highest BCUT2D eigenvalue weighted by atomic mass is 32.2. The zero-order valence-corrected chi connectivity index (χ0v) is 11.8. The van der Waals surface area contributed by atoms with E-state index in [1.165, 1.54) is 28.2 Å². The lowest BCUT2D eigenvalue weighted by Crippen LogP contribution is -2.35. The normalized spacial score (nSPS) is 17.9. The fourth-order valence-electron chi connectivity index (χ4n) is 1.03. The van der Waals surface area contributed by atoms with Gasteiger partial charge in [0.1, 0.15) is 5.04 Å². The minimum Gasteiger partial charge on any atom is -0.379 e. The van der Waals surface area contributed by atoms with E-state index in [1.54, 1.807) is 14.0 Å². The Bertz CT molecular complexity index is 283. The zero-order valence-electron chi connectivity index (χ0n) is 10.2. The number of morpholine rings is 1. The largest absolute Gasteiger partial charge is 0.446 e. The molecule has 6 nitrogen and oxygen atoms in total. The maximum atomic E-state index is 11.5. The average molecular weight is 279 g/mol. The molecule has 0 spiro atoms. The standard InChI is InChI=1S/C9H17N3O3S2/c1-8(16-3)10-15-9(13)11(2)17-12-4-6-14-7-5-12/h4-7H2,1-3H3/b10-8+. The third-order valence-electron chi connectivity index (χ3n) is 2.01. The van der Waals surface area contributed by atoms with Crippen molar-refractivity contribution in [3.05, 3.63) is 0 Å². The van der Waals surface area contributed by atoms with E-state index in [4.69, 9.17) is 9.57 Å². The van der Waals surface area contributed by atoms with Gasteiger partial charge in [0.05, 0.1) is 13.2 Å². The molecule has 0 saturated carbocycles. The Balaban J connectivity index is 2.30. The van der Waals surface area contributed by atoms with Crippen LogP contribution in [-0.4, -0.2) is 59.4 Å². The number of carbonyl (C=O) groups excluding carboxylic acids is 1. The van der Waals surface area contributed by atoms with Crippen molar-refractivity contribution in [1.29, 1.82) is 0 Å². The molecule has 8 heteroatoms. The van der Waals surface area contributed by atoms with Crippen LogP contribution in [0.15, 0.2) is 5.16 Å². The van der Waals surface area contributed by atoms with Crippen LogP contribution in [0.3, 0.4) is 0 Å². The molecular weight excluding hydrogens is 262 g/mol. The Morgan fingerprint density at radius 1 is 1.47 bits per heavy atom. The molecule has 0 bridgehead atoms. The molecule has 1 heterocycles. The smallest absolute Gasteiger partial charge is 0.379 e. The number of hydrogen-bond acceptors (Lipinski definition) is 7. The molecule has 98 valence electrons. The van der Waals surface area contributed by atoms with Gasteiger partial charge in [-0.2, -0.15) is 0 Å². The number of nitrogens with zero attached hydrogens (tertiary/aromatic N) is 3. The first-order valence-corrected chi connectivity index (χ1v) is 7.13. The fourth-order valence-corrected chi connectivity index (χ4v) is 1.90. The van der Waals surface area contributed by atoms with Crippen molar-refractivity contribution in [2.24, 2.45) is 5.16 Å². The second-order valence-corrected chi connectivity index (χ2v) is 5.52. The van der Waals surface area contributed by atoms with Crippen molar-refractivity contribution in [3.63, 3.8) is 0 Å². The van der Waals surface area contributed by atoms with Crippen LogP contribution < -0.4 is 0 Å². The van der Waals surface area contributed by atoms with Crippen LogP contribution in [-0.2, 0) is 9.57 Å². The highest BCUT2D eigenvalue weighted by Gasteiger charge is 2.18. The number of rotatable bonds is 3. The van der Waals surface area contributed by atoms with Crippen molar-refractivity contribution in [2.45, 2.75) is 6.92 Å². The van der Waals surface area contributed by atoms with Gasteiger partial charge in [-0.3, -0.25) is 4.84 Å². The summed E-state index contributed by atoms with van der Waals surface area (Å²) in [6.07, 6.45) is 1.40. The summed E-state index contributed by atoms with van der Waals surface area (Å²) in [6.45, 7) is 4.77. The number of hydrogen-bond donors (Lipinski definition) is 0. The van der Waals surface area contributed by atoms with Crippen molar-refractivity contribution in [1.82, 2.24) is 8.61 Å². The number of thioether (sulfide) groups is 1. The van der Waals surface area contributed by atoms with Crippen LogP contribution in [0.5, 0.6) is 0 Å². The Labute approximate surface area is 110 Å². The summed E-state index contributed by atoms with van der Waals surface area (Å²) in [6, 6.07) is 0. The van der Waals surface area contributed by atoms with E-state index in [-0.39, 0.29) is 0 Å². The molecule has 1 amide bonds. The molecule has 0 unspecified atom stereocenters. The highest BCUT2D eigenvalue weighted by molar-refractivity contribution is 8.13. The lowest BCUT2D eigenvalue weighted by molar-refractivity contribution is 0.0753. The van der Waals surface area contributed by atoms with Gasteiger partial charge in [0, 0.05) is 32.3 Å². The number of oxime groups is 1. The Hall–Kier alpha value is -0.440. The van der Waals surface area contributed by atoms with E-state index in [9.17, 15) is 4.79 Å². The monoisotopic (exact) mass is 279 g/mol. The molecule has 0 aromatic heterocycles. The first-order chi connectivity index (χ1) is 8.13. The summed E-state index contributed by atoms with van der Waals surface area (Å²) >= 11 is 2.76. The number of ether oxygens (including phenoxy) is 1. The predicted octanol–water partition coefficient (Wildman–Crippen LogP) is 1.65. The van der Waals surface area contributed by atoms with E-state index in [2.05, 4.69) is 9.46 Å². The molecular formula is C9H17N3O3S2. The lowest BCUT2D eigenvalue weighted by atomic mass is 10.5. The van der Waals surface area contributed by atoms with Gasteiger partial charge in [-0.15, -0.1) is 11.8 Å². The molecule has 0 radical (unpaired) electrons. The van der Waals surface area contributed by atoms with Gasteiger partial charge in [0.2, 0.25) is 0 Å². The van der Waals surface area contributed by atoms with Crippen molar-refractivity contribution in [3.8, 4) is 0 Å². The Morgan fingerprint density at radius 2 is 2.12 bits per heavy atom. The molecule has 0 N–H and O–H groups in total. The lowest BCUT2D eigenvalue weighted by Gasteiger charge is -2.27. The minimum atomic E-state index is -0.477. The third-order valence-corrected chi connectivity index (χ3v) is 3.67. The molecule has 0 atom stereocenters. The summed E-state index contributed by atoms with van der Waals surface area (Å²) in [7, 11) is 1.66. The summed E-state index contributed by atoms with van der Waals surface area (Å²) in [4.78, 5) is 16.3. The van der Waals surface area contributed by atoms with Crippen LogP contribution >= 0.6 is 23.9 Å². The summed E-state index contributed by atoms with van der Waals surface area (Å²) in [5.74, 6) is 0. The molecule has 1 fully saturated rings. The first kappa shape index (κ1) is 14.6. The summed E-state index contributed by atoms with van der Waals surface area (Å²) < 4.78 is 8.69. The molecule has 0 aliphatic carbocycles. The van der Waals surface area contributed by atoms with Crippen LogP contribution in [0.25, 0.3) is 0 Å². The maximum Gasteiger partial charge on any atom is 0.446 e. The SMILES string of the molecule is CS/C(C)=N/OC(=O)N(C)SN1CCOCC1. The number of amides is 1. The second-order valence-electron chi connectivity index (χ2n) is 3.29. The van der Waals surface area contributed by atoms with Crippen molar-refractivity contribution < 1.29 is 14.4 Å². The molecule has 1 saturated heterocycles. The van der Waals surface area contributed by atoms with Gasteiger partial charge in [0.15, 0.2) is 0 Å². The number of carbonyl (C=O) groups is 1. The van der Waals surface area contributed by atoms with Crippen LogP contribution in [0.4, 0.5) is 4.79 Å². The maximum absolute atomic E-state index is 11.5. The van der Waals surface area contributed by atoms with E-state index in [1.807, 2.05) is 6.26 Å². The van der Waals surface area contributed by atoms with Crippen LogP contribution in [0.2, 0.25) is 0 Å². The summed E-state index contributed by atoms with van der Waals surface area (Å²) in [5.41, 5.74) is 0. The Morgan fingerprint density at radius 3 is 2.71 bits per heavy atom. The van der Waals surface area contributed by atoms with Gasteiger partial charge in [-0.1, -0.05) is 5.16 Å². The quantitative estimate of drug-likeness (QED) is 0.257. The van der Waals surface area contributed by atoms with Gasteiger partial charge in [0.25, 0.3) is 0 Å². The molecule has 0 aromatic carbocycles. The average Bonchev–Trinajstić information content (AvgIpc) is 2.36. The van der Waals surface area contributed by atoms with Crippen molar-refractivity contribution >= 4 is 35.0 Å². The van der Waals surface area contributed by atoms with E-state index >= 15 is 0 Å². The first-order valence-electron chi connectivity index (χ1n) is 5.17. The van der Waals surface area contributed by atoms with Gasteiger partial charge < -0.3 is 4.74 Å². The van der Waals surface area contributed by atoms with Gasteiger partial charge in [-0.05, 0) is 13.2 Å². The fraction of sp³-hybridized carbons (Fsp3) is 0.778. The summed E-state index contributed by atoms with van der Waals surface area (Å²) in [5, 5.41) is 4.40. The zero-order chi connectivity index (χ0) is 12.7. The van der Waals surface area contributed by atoms with Crippen LogP contribution in [0, 0.1) is 0 Å². The molecule has 1 aliphatic rings. The van der Waals surface area contributed by atoms with Gasteiger partial charge in [-0.25, -0.2) is 13.4 Å². The van der Waals surface area contributed by atoms with E-state index < -0.39 is 6.09 Å². The Kier molecular flexibility index (Phi) is 6.71. The van der Waals surface area contributed by atoms with Gasteiger partial charge >= 0.3 is 6.09 Å². The molecule has 1 aliphatic heterocycles. The third kappa shape index (κ3) is 5.62. The molecule has 17 heavy (non-hydrogen) atoms. The topological polar surface area (TPSA) is 54.4 Å². The highest BCUT2D eigenvalue weighted by Crippen LogP contribution is 2.16. The van der Waals surface area contributed by atoms with Crippen LogP contribution in [0.1, 0.15) is 6.92 Å².